The van der Waals surface area contributed by atoms with Gasteiger partial charge in [-0.2, -0.15) is 0 Å². The van der Waals surface area contributed by atoms with E-state index in [0.29, 0.717) is 13.2 Å². The molecule has 1 unspecified atom stereocenters. The number of unbranched alkanes of at least 4 members (excludes halogenated alkanes) is 24. The summed E-state index contributed by atoms with van der Waals surface area (Å²) < 4.78 is 12.1. The van der Waals surface area contributed by atoms with Crippen LogP contribution in [0.25, 0.3) is 0 Å². The summed E-state index contributed by atoms with van der Waals surface area (Å²) in [6.45, 7) is 7.21. The number of aliphatic hydroxyl groups is 1. The molecule has 0 aromatic heterocycles. The third-order valence-electron chi connectivity index (χ3n) is 9.62. The smallest absolute Gasteiger partial charge is 0.0907 e. The molecule has 0 aromatic carbocycles. The maximum Gasteiger partial charge on any atom is 0.0907 e. The summed E-state index contributed by atoms with van der Waals surface area (Å²) in [5, 5.41) is 10.2. The van der Waals surface area contributed by atoms with Gasteiger partial charge in [-0.05, 0) is 59.0 Å². The second-order valence-electron chi connectivity index (χ2n) is 14.3. The van der Waals surface area contributed by atoms with E-state index in [1.165, 1.54) is 161 Å². The molecule has 0 bridgehead atoms. The average Bonchev–Trinajstić information content (AvgIpc) is 3.06. The molecule has 0 rings (SSSR count). The molecule has 4 nitrogen and oxygen atoms in total. The Morgan fingerprint density at radius 3 is 1.15 bits per heavy atom. The maximum atomic E-state index is 10.2. The summed E-state index contributed by atoms with van der Waals surface area (Å²) >= 11 is 0. The fourth-order valence-corrected chi connectivity index (χ4v) is 6.00. The van der Waals surface area contributed by atoms with Crippen LogP contribution in [-0.4, -0.2) is 62.7 Å². The van der Waals surface area contributed by atoms with Crippen LogP contribution >= 0.6 is 0 Å². The first-order valence-corrected chi connectivity index (χ1v) is 20.4. The number of aliphatic hydroxyl groups excluding tert-OH is 1. The van der Waals surface area contributed by atoms with Crippen molar-refractivity contribution < 1.29 is 14.6 Å². The molecule has 0 saturated carbocycles. The standard InChI is InChI=1S/C42H83NO3/c1-5-7-9-11-13-15-17-19-21-23-25-27-29-31-33-35-37-45-40-42(39-44,43(3)4)41-46-38-36-34-32-30-28-26-24-22-20-18-16-14-12-10-8-6-2/h13,15,19,21,44H,5-12,14,16-18,20,22-41H2,1-4H3. The highest BCUT2D eigenvalue weighted by molar-refractivity contribution is 4.92. The van der Waals surface area contributed by atoms with Crippen LogP contribution in [0.5, 0.6) is 0 Å². The van der Waals surface area contributed by atoms with E-state index in [0.717, 1.165) is 32.5 Å². The molecule has 1 atom stereocenters. The number of ether oxygens (including phenoxy) is 2. The van der Waals surface area contributed by atoms with E-state index >= 15 is 0 Å². The van der Waals surface area contributed by atoms with Gasteiger partial charge in [-0.25, -0.2) is 0 Å². The number of likely N-dealkylation sites (N-methyl/N-ethyl adjacent to an activating group) is 1. The molecule has 0 aliphatic heterocycles. The minimum Gasteiger partial charge on any atom is -0.394 e. The van der Waals surface area contributed by atoms with Crippen LogP contribution in [0.1, 0.15) is 194 Å². The van der Waals surface area contributed by atoms with Gasteiger partial charge in [0.25, 0.3) is 0 Å². The van der Waals surface area contributed by atoms with Crippen molar-refractivity contribution in [2.75, 3.05) is 47.1 Å². The van der Waals surface area contributed by atoms with Gasteiger partial charge >= 0.3 is 0 Å². The molecule has 0 spiro atoms. The summed E-state index contributed by atoms with van der Waals surface area (Å²) in [5.74, 6) is 0. The van der Waals surface area contributed by atoms with Crippen molar-refractivity contribution in [3.63, 3.8) is 0 Å². The summed E-state index contributed by atoms with van der Waals surface area (Å²) in [6, 6.07) is 0. The molecule has 46 heavy (non-hydrogen) atoms. The van der Waals surface area contributed by atoms with Gasteiger partial charge in [-0.3, -0.25) is 4.90 Å². The first-order chi connectivity index (χ1) is 22.6. The van der Waals surface area contributed by atoms with Crippen molar-refractivity contribution >= 4 is 0 Å². The molecular formula is C42H83NO3. The van der Waals surface area contributed by atoms with Gasteiger partial charge in [-0.1, -0.05) is 173 Å². The van der Waals surface area contributed by atoms with Gasteiger partial charge in [0.05, 0.1) is 25.4 Å². The number of hydrogen-bond acceptors (Lipinski definition) is 4. The molecule has 274 valence electrons. The quantitative estimate of drug-likeness (QED) is 0.0534. The number of rotatable bonds is 38. The van der Waals surface area contributed by atoms with E-state index in [4.69, 9.17) is 9.47 Å². The van der Waals surface area contributed by atoms with Crippen molar-refractivity contribution in [1.82, 2.24) is 4.90 Å². The molecule has 0 heterocycles. The normalized spacial score (nSPS) is 13.5. The zero-order chi connectivity index (χ0) is 33.7. The SMILES string of the molecule is CCCCCC=CCC=CCCCCCCCCOCC(CO)(COCCCCCCCCCCCCCCCCCC)N(C)C. The van der Waals surface area contributed by atoms with Crippen LogP contribution in [0.4, 0.5) is 0 Å². The second-order valence-corrected chi connectivity index (χ2v) is 14.3. The predicted octanol–water partition coefficient (Wildman–Crippen LogP) is 12.4. The fraction of sp³-hybridized carbons (Fsp3) is 0.905. The largest absolute Gasteiger partial charge is 0.394 e. The van der Waals surface area contributed by atoms with Gasteiger partial charge in [0.1, 0.15) is 0 Å². The van der Waals surface area contributed by atoms with Crippen molar-refractivity contribution in [2.24, 2.45) is 0 Å². The lowest BCUT2D eigenvalue weighted by Gasteiger charge is -2.37. The molecule has 0 aliphatic carbocycles. The molecule has 0 aromatic rings. The molecule has 4 heteroatoms. The molecule has 0 aliphatic rings. The van der Waals surface area contributed by atoms with Gasteiger partial charge in [-0.15, -0.1) is 0 Å². The number of allylic oxidation sites excluding steroid dienone is 4. The summed E-state index contributed by atoms with van der Waals surface area (Å²) in [4.78, 5) is 2.08. The van der Waals surface area contributed by atoms with Crippen LogP contribution < -0.4 is 0 Å². The highest BCUT2D eigenvalue weighted by atomic mass is 16.5. The Labute approximate surface area is 289 Å². The maximum absolute atomic E-state index is 10.2. The van der Waals surface area contributed by atoms with Crippen LogP contribution in [-0.2, 0) is 9.47 Å². The minimum atomic E-state index is -0.451. The lowest BCUT2D eigenvalue weighted by atomic mass is 10.0. The molecule has 1 N–H and O–H groups in total. The van der Waals surface area contributed by atoms with E-state index in [1.807, 2.05) is 14.1 Å². The van der Waals surface area contributed by atoms with Crippen LogP contribution in [0.15, 0.2) is 24.3 Å². The Morgan fingerprint density at radius 2 is 0.783 bits per heavy atom. The third-order valence-corrected chi connectivity index (χ3v) is 9.62. The predicted molar refractivity (Wildman–Crippen MR) is 204 cm³/mol. The van der Waals surface area contributed by atoms with Gasteiger partial charge in [0.2, 0.25) is 0 Å². The Hall–Kier alpha value is -0.680. The highest BCUT2D eigenvalue weighted by Gasteiger charge is 2.33. The monoisotopic (exact) mass is 650 g/mol. The summed E-state index contributed by atoms with van der Waals surface area (Å²) in [7, 11) is 4.05. The fourth-order valence-electron chi connectivity index (χ4n) is 6.00. The van der Waals surface area contributed by atoms with Gasteiger partial charge < -0.3 is 14.6 Å². The third kappa shape index (κ3) is 30.6. The first kappa shape index (κ1) is 45.3. The van der Waals surface area contributed by atoms with E-state index in [1.54, 1.807) is 0 Å². The minimum absolute atomic E-state index is 0.0582. The van der Waals surface area contributed by atoms with Crippen LogP contribution in [0.3, 0.4) is 0 Å². The molecule has 0 fully saturated rings. The van der Waals surface area contributed by atoms with E-state index in [-0.39, 0.29) is 6.61 Å². The Balaban J connectivity index is 3.65. The van der Waals surface area contributed by atoms with Crippen LogP contribution in [0.2, 0.25) is 0 Å². The lowest BCUT2D eigenvalue weighted by Crippen LogP contribution is -2.55. The van der Waals surface area contributed by atoms with Gasteiger partial charge in [0.15, 0.2) is 0 Å². The molecule has 0 radical (unpaired) electrons. The lowest BCUT2D eigenvalue weighted by molar-refractivity contribution is -0.0684. The van der Waals surface area contributed by atoms with Crippen molar-refractivity contribution in [1.29, 1.82) is 0 Å². The second kappa shape index (κ2) is 37.1. The molecular weight excluding hydrogens is 566 g/mol. The molecule has 0 amide bonds. The van der Waals surface area contributed by atoms with Crippen LogP contribution in [0, 0.1) is 0 Å². The van der Waals surface area contributed by atoms with Crippen molar-refractivity contribution in [3.05, 3.63) is 24.3 Å². The summed E-state index contributed by atoms with van der Waals surface area (Å²) in [6.07, 6.45) is 46.5. The Morgan fingerprint density at radius 1 is 0.457 bits per heavy atom. The van der Waals surface area contributed by atoms with E-state index in [9.17, 15) is 5.11 Å². The van der Waals surface area contributed by atoms with Gasteiger partial charge in [0, 0.05) is 13.2 Å². The Bertz CT molecular complexity index is 634. The van der Waals surface area contributed by atoms with E-state index in [2.05, 4.69) is 43.1 Å². The Kier molecular flexibility index (Phi) is 36.6. The molecule has 0 saturated heterocycles. The number of hydrogen-bond donors (Lipinski definition) is 1. The zero-order valence-electron chi connectivity index (χ0n) is 31.9. The van der Waals surface area contributed by atoms with E-state index < -0.39 is 5.54 Å². The first-order valence-electron chi connectivity index (χ1n) is 20.4. The number of nitrogens with zero attached hydrogens (tertiary/aromatic N) is 1. The van der Waals surface area contributed by atoms with Crippen molar-refractivity contribution in [2.45, 2.75) is 199 Å². The summed E-state index contributed by atoms with van der Waals surface area (Å²) in [5.41, 5.74) is -0.451. The van der Waals surface area contributed by atoms with Crippen molar-refractivity contribution in [3.8, 4) is 0 Å². The highest BCUT2D eigenvalue weighted by Crippen LogP contribution is 2.16. The zero-order valence-corrected chi connectivity index (χ0v) is 31.9. The topological polar surface area (TPSA) is 41.9 Å². The average molecular weight is 650 g/mol.